The third kappa shape index (κ3) is 85.9. The maximum atomic E-state index is 9.00. The first kappa shape index (κ1) is 21.9. The summed E-state index contributed by atoms with van der Waals surface area (Å²) >= 11 is 0. The van der Waals surface area contributed by atoms with Gasteiger partial charge in [-0.05, 0) is 26.5 Å². The molecule has 4 N–H and O–H groups in total. The van der Waals surface area contributed by atoms with Crippen molar-refractivity contribution in [2.75, 3.05) is 0 Å². The Labute approximate surface area is 108 Å². The standard InChI is InChI=1S/C6H14O3Si.2C2H4O2/c1-6(2,3)9-4-5-10(7)8;2*1-2(3)4/h4-5,7-8,10H,1-3H3;2*1H3,(H,3,4). The average molecular weight is 282 g/mol. The van der Waals surface area contributed by atoms with Crippen molar-refractivity contribution in [1.82, 2.24) is 0 Å². The van der Waals surface area contributed by atoms with E-state index in [1.54, 1.807) is 0 Å². The van der Waals surface area contributed by atoms with Crippen molar-refractivity contribution in [2.45, 2.75) is 40.2 Å². The highest BCUT2D eigenvalue weighted by Crippen LogP contribution is 2.06. The summed E-state index contributed by atoms with van der Waals surface area (Å²) in [6.07, 6.45) is 1.34. The van der Waals surface area contributed by atoms with Crippen LogP contribution in [0.15, 0.2) is 12.0 Å². The molecule has 18 heavy (non-hydrogen) atoms. The zero-order chi connectivity index (χ0) is 15.4. The molecule has 0 saturated heterocycles. The molecule has 0 fully saturated rings. The Balaban J connectivity index is -0.000000233. The van der Waals surface area contributed by atoms with Crippen LogP contribution in [0, 0.1) is 0 Å². The van der Waals surface area contributed by atoms with Crippen molar-refractivity contribution < 1.29 is 34.1 Å². The first-order valence-electron chi connectivity index (χ1n) is 4.98. The van der Waals surface area contributed by atoms with Gasteiger partial charge in [-0.2, -0.15) is 0 Å². The Hall–Kier alpha value is -1.38. The summed E-state index contributed by atoms with van der Waals surface area (Å²) in [6, 6.07) is 0. The number of carboxylic acid groups (broad SMARTS) is 2. The van der Waals surface area contributed by atoms with E-state index in [-0.39, 0.29) is 5.60 Å². The van der Waals surface area contributed by atoms with Crippen LogP contribution in [0.2, 0.25) is 0 Å². The highest BCUT2D eigenvalue weighted by Gasteiger charge is 2.07. The third-order valence-corrected chi connectivity index (χ3v) is 1.17. The predicted molar refractivity (Wildman–Crippen MR) is 68.2 cm³/mol. The first-order chi connectivity index (χ1) is 7.88. The van der Waals surface area contributed by atoms with Crippen molar-refractivity contribution in [3.05, 3.63) is 12.0 Å². The van der Waals surface area contributed by atoms with Crippen LogP contribution in [-0.4, -0.2) is 46.6 Å². The molecule has 0 saturated carbocycles. The van der Waals surface area contributed by atoms with Crippen molar-refractivity contribution >= 4 is 21.2 Å². The van der Waals surface area contributed by atoms with Crippen molar-refractivity contribution in [3.63, 3.8) is 0 Å². The molecule has 0 rings (SSSR count). The van der Waals surface area contributed by atoms with Crippen LogP contribution < -0.4 is 0 Å². The van der Waals surface area contributed by atoms with Gasteiger partial charge < -0.3 is 24.5 Å². The maximum Gasteiger partial charge on any atom is 0.346 e. The molecule has 0 radical (unpaired) electrons. The zero-order valence-corrected chi connectivity index (χ0v) is 12.4. The van der Waals surface area contributed by atoms with Crippen molar-refractivity contribution in [1.29, 1.82) is 0 Å². The summed E-state index contributed by atoms with van der Waals surface area (Å²) in [5.41, 5.74) is 1.05. The number of carboxylic acids is 2. The van der Waals surface area contributed by atoms with E-state index in [9.17, 15) is 0 Å². The second-order valence-electron chi connectivity index (χ2n) is 4.01. The fourth-order valence-corrected chi connectivity index (χ4v) is 0.533. The van der Waals surface area contributed by atoms with Crippen LogP contribution in [-0.2, 0) is 14.3 Å². The Morgan fingerprint density at radius 3 is 1.50 bits per heavy atom. The van der Waals surface area contributed by atoms with Gasteiger partial charge in [-0.3, -0.25) is 9.59 Å². The van der Waals surface area contributed by atoms with E-state index in [2.05, 4.69) is 0 Å². The van der Waals surface area contributed by atoms with Crippen LogP contribution >= 0.6 is 0 Å². The largest absolute Gasteiger partial charge is 0.496 e. The second kappa shape index (κ2) is 12.1. The zero-order valence-electron chi connectivity index (χ0n) is 11.2. The average Bonchev–Trinajstić information content (AvgIpc) is 1.96. The maximum absolute atomic E-state index is 9.00. The third-order valence-electron chi connectivity index (χ3n) is 0.672. The highest BCUT2D eigenvalue weighted by atomic mass is 28.3. The van der Waals surface area contributed by atoms with E-state index in [0.717, 1.165) is 13.8 Å². The first-order valence-corrected chi connectivity index (χ1v) is 6.68. The molecular formula is C10H22O7Si. The lowest BCUT2D eigenvalue weighted by atomic mass is 10.2. The number of hydrogen-bond acceptors (Lipinski definition) is 5. The molecule has 108 valence electrons. The normalized spacial score (nSPS) is 10.0. The Morgan fingerprint density at radius 1 is 1.06 bits per heavy atom. The molecule has 0 aromatic heterocycles. The van der Waals surface area contributed by atoms with Crippen LogP contribution in [0.5, 0.6) is 0 Å². The molecule has 0 aliphatic carbocycles. The molecule has 0 spiro atoms. The predicted octanol–water partition coefficient (Wildman–Crippen LogP) is 0.241. The van der Waals surface area contributed by atoms with Crippen LogP contribution in [0.3, 0.4) is 0 Å². The minimum atomic E-state index is -2.57. The number of hydrogen-bond donors (Lipinski definition) is 4. The lowest BCUT2D eigenvalue weighted by Gasteiger charge is -2.17. The summed E-state index contributed by atoms with van der Waals surface area (Å²) < 4.78 is 5.07. The summed E-state index contributed by atoms with van der Waals surface area (Å²) in [6.45, 7) is 7.84. The van der Waals surface area contributed by atoms with Gasteiger partial charge in [0.15, 0.2) is 0 Å². The summed E-state index contributed by atoms with van der Waals surface area (Å²) in [5.74, 6) is -1.67. The van der Waals surface area contributed by atoms with Crippen LogP contribution in [0.4, 0.5) is 0 Å². The van der Waals surface area contributed by atoms with Crippen LogP contribution in [0.25, 0.3) is 0 Å². The van der Waals surface area contributed by atoms with Crippen LogP contribution in [0.1, 0.15) is 34.6 Å². The Morgan fingerprint density at radius 2 is 1.33 bits per heavy atom. The van der Waals surface area contributed by atoms with Gasteiger partial charge in [0.05, 0.1) is 11.9 Å². The van der Waals surface area contributed by atoms with Gasteiger partial charge in [-0.1, -0.05) is 0 Å². The molecule has 0 unspecified atom stereocenters. The molecule has 7 nitrogen and oxygen atoms in total. The minimum absolute atomic E-state index is 0.250. The van der Waals surface area contributed by atoms with E-state index in [4.69, 9.17) is 34.1 Å². The van der Waals surface area contributed by atoms with E-state index in [0.29, 0.717) is 0 Å². The summed E-state index contributed by atoms with van der Waals surface area (Å²) in [4.78, 5) is 35.0. The molecule has 0 heterocycles. The molecule has 0 aliphatic heterocycles. The number of rotatable bonds is 2. The smallest absolute Gasteiger partial charge is 0.346 e. The highest BCUT2D eigenvalue weighted by molar-refractivity contribution is 6.47. The van der Waals surface area contributed by atoms with E-state index < -0.39 is 21.2 Å². The number of carbonyl (C=O) groups is 2. The van der Waals surface area contributed by atoms with Gasteiger partial charge in [-0.25, -0.2) is 0 Å². The van der Waals surface area contributed by atoms with Gasteiger partial charge in [0.2, 0.25) is 0 Å². The van der Waals surface area contributed by atoms with Gasteiger partial charge in [0.1, 0.15) is 0 Å². The summed E-state index contributed by atoms with van der Waals surface area (Å²) in [7, 11) is -2.57. The second-order valence-corrected chi connectivity index (χ2v) is 5.22. The van der Waals surface area contributed by atoms with E-state index in [1.165, 1.54) is 12.0 Å². The molecule has 0 bridgehead atoms. The molecule has 0 aromatic carbocycles. The van der Waals surface area contributed by atoms with Gasteiger partial charge in [0, 0.05) is 13.8 Å². The fourth-order valence-electron chi connectivity index (χ4n) is 0.314. The monoisotopic (exact) mass is 282 g/mol. The Kier molecular flexibility index (Phi) is 14.7. The summed E-state index contributed by atoms with van der Waals surface area (Å²) in [5, 5.41) is 14.8. The van der Waals surface area contributed by atoms with Gasteiger partial charge >= 0.3 is 9.28 Å². The molecule has 0 atom stereocenters. The van der Waals surface area contributed by atoms with Crippen molar-refractivity contribution in [2.24, 2.45) is 0 Å². The topological polar surface area (TPSA) is 124 Å². The molecular weight excluding hydrogens is 260 g/mol. The minimum Gasteiger partial charge on any atom is -0.496 e. The molecule has 8 heteroatoms. The van der Waals surface area contributed by atoms with E-state index in [1.807, 2.05) is 20.8 Å². The molecule has 0 aromatic rings. The van der Waals surface area contributed by atoms with E-state index >= 15 is 0 Å². The number of aliphatic carboxylic acids is 2. The molecule has 0 aliphatic rings. The number of ether oxygens (including phenoxy) is 1. The van der Waals surface area contributed by atoms with Gasteiger partial charge in [0.25, 0.3) is 11.9 Å². The Bertz CT molecular complexity index is 235. The lowest BCUT2D eigenvalue weighted by molar-refractivity contribution is -0.135. The fraction of sp³-hybridized carbons (Fsp3) is 0.600. The molecule has 0 amide bonds. The SMILES string of the molecule is CC(=O)O.CC(=O)O.CC(C)(C)OC=C[SiH](O)O. The quantitative estimate of drug-likeness (QED) is 0.422. The lowest BCUT2D eigenvalue weighted by Crippen LogP contribution is -2.16. The van der Waals surface area contributed by atoms with Gasteiger partial charge in [-0.15, -0.1) is 0 Å². The van der Waals surface area contributed by atoms with Crippen molar-refractivity contribution in [3.8, 4) is 0 Å².